The zero-order valence-electron chi connectivity index (χ0n) is 6.37. The lowest BCUT2D eigenvalue weighted by Gasteiger charge is -2.02. The summed E-state index contributed by atoms with van der Waals surface area (Å²) in [6, 6.07) is 3.51. The molecular formula is C7H11N3O. The van der Waals surface area contributed by atoms with Gasteiger partial charge in [0.05, 0.1) is 18.5 Å². The Kier molecular flexibility index (Phi) is 2.68. The van der Waals surface area contributed by atoms with E-state index in [0.717, 1.165) is 0 Å². The Bertz CT molecular complexity index is 209. The Morgan fingerprint density at radius 1 is 1.64 bits per heavy atom. The summed E-state index contributed by atoms with van der Waals surface area (Å²) in [7, 11) is 0. The van der Waals surface area contributed by atoms with Gasteiger partial charge in [-0.3, -0.25) is 4.84 Å². The molecule has 1 aromatic rings. The molecule has 0 saturated carbocycles. The van der Waals surface area contributed by atoms with Crippen molar-refractivity contribution in [3.8, 4) is 0 Å². The third-order valence-corrected chi connectivity index (χ3v) is 1.11. The maximum Gasteiger partial charge on any atom is 0.149 e. The average molecular weight is 153 g/mol. The van der Waals surface area contributed by atoms with E-state index in [1.165, 1.54) is 0 Å². The fraction of sp³-hybridized carbons (Fsp3) is 0.286. The second kappa shape index (κ2) is 3.78. The van der Waals surface area contributed by atoms with Crippen LogP contribution < -0.4 is 11.2 Å². The predicted molar refractivity (Wildman–Crippen MR) is 43.9 cm³/mol. The topological polar surface area (TPSA) is 60.2 Å². The average Bonchev–Trinajstić information content (AvgIpc) is 2.04. The SMILES string of the molecule is CCONc1ccc(N)cn1. The first-order chi connectivity index (χ1) is 5.33. The van der Waals surface area contributed by atoms with Crippen molar-refractivity contribution in [2.24, 2.45) is 0 Å². The first-order valence-corrected chi connectivity index (χ1v) is 3.42. The molecule has 0 aliphatic carbocycles. The van der Waals surface area contributed by atoms with Crippen LogP contribution in [0.25, 0.3) is 0 Å². The summed E-state index contributed by atoms with van der Waals surface area (Å²) < 4.78 is 0. The Labute approximate surface area is 65.3 Å². The molecular weight excluding hydrogens is 142 g/mol. The van der Waals surface area contributed by atoms with Crippen LogP contribution >= 0.6 is 0 Å². The maximum atomic E-state index is 5.42. The highest BCUT2D eigenvalue weighted by Crippen LogP contribution is 2.04. The van der Waals surface area contributed by atoms with E-state index in [9.17, 15) is 0 Å². The van der Waals surface area contributed by atoms with Gasteiger partial charge in [-0.25, -0.2) is 10.5 Å². The van der Waals surface area contributed by atoms with Gasteiger partial charge >= 0.3 is 0 Å². The van der Waals surface area contributed by atoms with Crippen LogP contribution in [-0.4, -0.2) is 11.6 Å². The highest BCUT2D eigenvalue weighted by Gasteiger charge is 1.89. The van der Waals surface area contributed by atoms with Crippen LogP contribution in [0.2, 0.25) is 0 Å². The summed E-state index contributed by atoms with van der Waals surface area (Å²) in [4.78, 5) is 8.86. The van der Waals surface area contributed by atoms with Crippen LogP contribution in [0, 0.1) is 0 Å². The van der Waals surface area contributed by atoms with Crippen molar-refractivity contribution in [2.45, 2.75) is 6.92 Å². The van der Waals surface area contributed by atoms with Crippen molar-refractivity contribution in [2.75, 3.05) is 17.8 Å². The molecule has 1 heterocycles. The smallest absolute Gasteiger partial charge is 0.149 e. The third kappa shape index (κ3) is 2.43. The minimum absolute atomic E-state index is 0.603. The van der Waals surface area contributed by atoms with E-state index in [0.29, 0.717) is 18.1 Å². The summed E-state index contributed by atoms with van der Waals surface area (Å²) >= 11 is 0. The molecule has 0 atom stereocenters. The number of pyridine rings is 1. The molecule has 1 rings (SSSR count). The number of rotatable bonds is 3. The molecule has 0 amide bonds. The van der Waals surface area contributed by atoms with Crippen molar-refractivity contribution < 1.29 is 4.84 Å². The van der Waals surface area contributed by atoms with Gasteiger partial charge in [-0.1, -0.05) is 0 Å². The Morgan fingerprint density at radius 3 is 3.00 bits per heavy atom. The maximum absolute atomic E-state index is 5.42. The lowest BCUT2D eigenvalue weighted by molar-refractivity contribution is 0.209. The van der Waals surface area contributed by atoms with Gasteiger partial charge in [0, 0.05) is 0 Å². The molecule has 3 N–H and O–H groups in total. The molecule has 1 aromatic heterocycles. The molecule has 0 spiro atoms. The van der Waals surface area contributed by atoms with Gasteiger partial charge in [-0.15, -0.1) is 0 Å². The first kappa shape index (κ1) is 7.81. The van der Waals surface area contributed by atoms with Crippen LogP contribution in [0.3, 0.4) is 0 Å². The van der Waals surface area contributed by atoms with E-state index in [-0.39, 0.29) is 0 Å². The van der Waals surface area contributed by atoms with Crippen LogP contribution in [-0.2, 0) is 4.84 Å². The van der Waals surface area contributed by atoms with Crippen molar-refractivity contribution in [3.63, 3.8) is 0 Å². The summed E-state index contributed by atoms with van der Waals surface area (Å²) in [5.41, 5.74) is 8.72. The van der Waals surface area contributed by atoms with Crippen molar-refractivity contribution >= 4 is 11.5 Å². The fourth-order valence-electron chi connectivity index (χ4n) is 0.612. The third-order valence-electron chi connectivity index (χ3n) is 1.11. The van der Waals surface area contributed by atoms with E-state index < -0.39 is 0 Å². The van der Waals surface area contributed by atoms with Crippen LogP contribution in [0.1, 0.15) is 6.92 Å². The highest BCUT2D eigenvalue weighted by atomic mass is 16.6. The Hall–Kier alpha value is -1.29. The first-order valence-electron chi connectivity index (χ1n) is 3.42. The van der Waals surface area contributed by atoms with Crippen LogP contribution in [0.15, 0.2) is 18.3 Å². The molecule has 4 heteroatoms. The monoisotopic (exact) mass is 153 g/mol. The van der Waals surface area contributed by atoms with Crippen molar-refractivity contribution in [1.29, 1.82) is 0 Å². The molecule has 0 saturated heterocycles. The second-order valence-corrected chi connectivity index (χ2v) is 2.01. The lowest BCUT2D eigenvalue weighted by Crippen LogP contribution is -2.01. The Morgan fingerprint density at radius 2 is 2.45 bits per heavy atom. The van der Waals surface area contributed by atoms with Gasteiger partial charge in [0.2, 0.25) is 0 Å². The molecule has 0 fully saturated rings. The molecule has 60 valence electrons. The number of nitrogen functional groups attached to an aromatic ring is 1. The zero-order chi connectivity index (χ0) is 8.10. The number of aromatic nitrogens is 1. The number of anilines is 2. The summed E-state index contributed by atoms with van der Waals surface area (Å²) in [6.45, 7) is 2.50. The quantitative estimate of drug-likeness (QED) is 0.636. The highest BCUT2D eigenvalue weighted by molar-refractivity contribution is 5.42. The molecule has 0 radical (unpaired) electrons. The van der Waals surface area contributed by atoms with Gasteiger partial charge in [-0.2, -0.15) is 0 Å². The largest absolute Gasteiger partial charge is 0.397 e. The molecule has 0 aromatic carbocycles. The summed E-state index contributed by atoms with van der Waals surface area (Å²) in [6.07, 6.45) is 1.57. The normalized spacial score (nSPS) is 9.55. The van der Waals surface area contributed by atoms with Gasteiger partial charge in [0.15, 0.2) is 0 Å². The van der Waals surface area contributed by atoms with E-state index in [2.05, 4.69) is 10.5 Å². The molecule has 0 unspecified atom stereocenters. The van der Waals surface area contributed by atoms with E-state index in [1.54, 1.807) is 18.3 Å². The number of nitrogens with one attached hydrogen (secondary N) is 1. The standard InChI is InChI=1S/C7H11N3O/c1-2-11-10-7-4-3-6(8)5-9-7/h3-5H,2,8H2,1H3,(H,9,10). The Balaban J connectivity index is 2.52. The van der Waals surface area contributed by atoms with Crippen LogP contribution in [0.4, 0.5) is 11.5 Å². The van der Waals surface area contributed by atoms with E-state index in [4.69, 9.17) is 10.6 Å². The number of nitrogens with two attached hydrogens (primary N) is 1. The minimum atomic E-state index is 0.603. The van der Waals surface area contributed by atoms with Gasteiger partial charge < -0.3 is 5.73 Å². The molecule has 0 aliphatic rings. The van der Waals surface area contributed by atoms with E-state index in [1.807, 2.05) is 6.92 Å². The summed E-state index contributed by atoms with van der Waals surface area (Å²) in [5.74, 6) is 0.668. The summed E-state index contributed by atoms with van der Waals surface area (Å²) in [5, 5.41) is 0. The fourth-order valence-corrected chi connectivity index (χ4v) is 0.612. The number of nitrogens with zero attached hydrogens (tertiary/aromatic N) is 1. The predicted octanol–water partition coefficient (Wildman–Crippen LogP) is 1.03. The van der Waals surface area contributed by atoms with Crippen LogP contribution in [0.5, 0.6) is 0 Å². The number of hydrogen-bond donors (Lipinski definition) is 2. The molecule has 0 bridgehead atoms. The van der Waals surface area contributed by atoms with E-state index >= 15 is 0 Å². The van der Waals surface area contributed by atoms with Gasteiger partial charge in [-0.05, 0) is 19.1 Å². The lowest BCUT2D eigenvalue weighted by atomic mass is 10.4. The van der Waals surface area contributed by atoms with Crippen molar-refractivity contribution in [3.05, 3.63) is 18.3 Å². The molecule has 4 nitrogen and oxygen atoms in total. The second-order valence-electron chi connectivity index (χ2n) is 2.01. The molecule has 11 heavy (non-hydrogen) atoms. The molecule has 0 aliphatic heterocycles. The van der Waals surface area contributed by atoms with Gasteiger partial charge in [0.1, 0.15) is 5.82 Å². The zero-order valence-corrected chi connectivity index (χ0v) is 6.37. The van der Waals surface area contributed by atoms with Crippen molar-refractivity contribution in [1.82, 2.24) is 4.98 Å². The minimum Gasteiger partial charge on any atom is -0.397 e. The number of hydrogen-bond acceptors (Lipinski definition) is 4. The van der Waals surface area contributed by atoms with Gasteiger partial charge in [0.25, 0.3) is 0 Å².